The van der Waals surface area contributed by atoms with Crippen LogP contribution in [-0.4, -0.2) is 87.3 Å². The summed E-state index contributed by atoms with van der Waals surface area (Å²) in [6.45, 7) is 1.88. The van der Waals surface area contributed by atoms with Crippen LogP contribution in [0.4, 0.5) is 33.5 Å². The molecule has 2 saturated heterocycles. The smallest absolute Gasteiger partial charge is 0.416 e. The molecule has 1 aromatic carbocycles. The predicted octanol–water partition coefficient (Wildman–Crippen LogP) is 4.29. The number of carbonyl (C=O) groups excluding carboxylic acids is 1. The lowest BCUT2D eigenvalue weighted by Gasteiger charge is -2.33. The number of nitrogens with two attached hydrogens (primary N) is 1. The predicted molar refractivity (Wildman–Crippen MR) is 164 cm³/mol. The minimum absolute atomic E-state index is 0.00407. The molecule has 2 N–H and O–H groups in total. The molecule has 3 atom stereocenters. The molecule has 1 amide bonds. The highest BCUT2D eigenvalue weighted by molar-refractivity contribution is 5.91. The Labute approximate surface area is 273 Å². The molecule has 2 fully saturated rings. The second-order valence-corrected chi connectivity index (χ2v) is 13.3. The van der Waals surface area contributed by atoms with E-state index >= 15 is 4.39 Å². The Bertz CT molecular complexity index is 1730. The third kappa shape index (κ3) is 5.82. The van der Waals surface area contributed by atoms with Gasteiger partial charge in [-0.15, -0.1) is 0 Å². The van der Waals surface area contributed by atoms with Gasteiger partial charge in [0.25, 0.3) is 5.91 Å². The van der Waals surface area contributed by atoms with Gasteiger partial charge in [-0.05, 0) is 37.9 Å². The van der Waals surface area contributed by atoms with E-state index in [9.17, 15) is 22.4 Å². The fraction of sp³-hybridized carbons (Fsp3) is 0.562. The Morgan fingerprint density at radius 3 is 2.77 bits per heavy atom. The van der Waals surface area contributed by atoms with Crippen LogP contribution in [0.5, 0.6) is 6.01 Å². The van der Waals surface area contributed by atoms with Crippen LogP contribution in [0.3, 0.4) is 0 Å². The van der Waals surface area contributed by atoms with E-state index in [-0.39, 0.29) is 38.2 Å². The quantitative estimate of drug-likeness (QED) is 0.302. The van der Waals surface area contributed by atoms with Crippen molar-refractivity contribution in [1.29, 1.82) is 0 Å². The zero-order chi connectivity index (χ0) is 34.0. The van der Waals surface area contributed by atoms with E-state index in [4.69, 9.17) is 20.2 Å². The molecule has 16 heteroatoms. The summed E-state index contributed by atoms with van der Waals surface area (Å²) in [6, 6.07) is 1.65. The average Bonchev–Trinajstić information content (AvgIpc) is 3.66. The number of carbonyl (C=O) groups is 1. The molecule has 0 bridgehead atoms. The van der Waals surface area contributed by atoms with Gasteiger partial charge in [0.05, 0.1) is 41.9 Å². The van der Waals surface area contributed by atoms with Crippen LogP contribution in [0.2, 0.25) is 0 Å². The van der Waals surface area contributed by atoms with E-state index in [2.05, 4.69) is 14.9 Å². The molecule has 0 spiro atoms. The lowest BCUT2D eigenvalue weighted by atomic mass is 9.94. The number of rotatable bonds is 6. The number of hydrogen-bond acceptors (Lipinski definition) is 9. The first-order valence-corrected chi connectivity index (χ1v) is 16.0. The number of hydrogen-bond donors (Lipinski definition) is 1. The molecule has 0 radical (unpaired) electrons. The topological polar surface area (TPSA) is 115 Å². The van der Waals surface area contributed by atoms with E-state index in [1.807, 2.05) is 9.47 Å². The summed E-state index contributed by atoms with van der Waals surface area (Å²) < 4.78 is 86.0. The van der Waals surface area contributed by atoms with Crippen LogP contribution in [-0.2, 0) is 37.0 Å². The second kappa shape index (κ2) is 12.1. The highest BCUT2D eigenvalue weighted by atomic mass is 19.4. The van der Waals surface area contributed by atoms with Crippen molar-refractivity contribution in [2.75, 3.05) is 51.0 Å². The molecule has 4 aliphatic rings. The Hall–Kier alpha value is -4.05. The van der Waals surface area contributed by atoms with Crippen LogP contribution in [0.1, 0.15) is 70.5 Å². The first-order valence-electron chi connectivity index (χ1n) is 16.0. The van der Waals surface area contributed by atoms with E-state index in [0.29, 0.717) is 55.1 Å². The summed E-state index contributed by atoms with van der Waals surface area (Å²) in [5.41, 5.74) is 4.17. The van der Waals surface area contributed by atoms with Crippen molar-refractivity contribution < 1.29 is 36.2 Å². The molecule has 258 valence electrons. The summed E-state index contributed by atoms with van der Waals surface area (Å²) in [6.07, 6.45) is -2.36. The highest BCUT2D eigenvalue weighted by Gasteiger charge is 2.49. The molecule has 4 aliphatic heterocycles. The number of halogens is 5. The number of benzene rings is 1. The van der Waals surface area contributed by atoms with Crippen LogP contribution >= 0.6 is 0 Å². The van der Waals surface area contributed by atoms with E-state index in [0.717, 1.165) is 37.3 Å². The summed E-state index contributed by atoms with van der Waals surface area (Å²) in [5.74, 6) is -0.228. The van der Waals surface area contributed by atoms with Crippen LogP contribution in [0, 0.1) is 5.82 Å². The molecule has 0 saturated carbocycles. The van der Waals surface area contributed by atoms with Gasteiger partial charge in [0, 0.05) is 63.8 Å². The number of ether oxygens (including phenoxy) is 2. The Kier molecular flexibility index (Phi) is 8.21. The monoisotopic (exact) mass is 676 g/mol. The van der Waals surface area contributed by atoms with Gasteiger partial charge >= 0.3 is 12.2 Å². The fourth-order valence-corrected chi connectivity index (χ4v) is 7.52. The standard InChI is InChI=1S/C32H37F5N8O3/c1-42(2)29(46)23-14-44-17-43(9-3-5-25(44)39-23)28-19-15-47-24(26-20(32(35,36)37)6-7-21(38)27(26)34)11-22(19)40-30(41-28)48-16-31-8-4-10-45(31)13-18(33)12-31/h6-7,14,18,24H,3-5,8-13,15-17,38H2,1-2H3/t18-,24+,31+/m1/s1. The van der Waals surface area contributed by atoms with Gasteiger partial charge in [-0.25, -0.2) is 13.8 Å². The normalized spacial score (nSPS) is 24.2. The maximum Gasteiger partial charge on any atom is 0.416 e. The molecule has 3 aromatic rings. The number of aromatic nitrogens is 4. The van der Waals surface area contributed by atoms with E-state index in [1.165, 1.54) is 4.90 Å². The largest absolute Gasteiger partial charge is 0.461 e. The first-order chi connectivity index (χ1) is 22.8. The lowest BCUT2D eigenvalue weighted by molar-refractivity contribution is -0.140. The Morgan fingerprint density at radius 2 is 2.00 bits per heavy atom. The van der Waals surface area contributed by atoms with Crippen LogP contribution in [0.25, 0.3) is 0 Å². The van der Waals surface area contributed by atoms with Gasteiger partial charge < -0.3 is 29.6 Å². The summed E-state index contributed by atoms with van der Waals surface area (Å²) in [7, 11) is 3.30. The number of nitrogen functional groups attached to an aromatic ring is 1. The van der Waals surface area contributed by atoms with Gasteiger partial charge in [0.15, 0.2) is 5.82 Å². The zero-order valence-corrected chi connectivity index (χ0v) is 26.7. The molecule has 0 unspecified atom stereocenters. The van der Waals surface area contributed by atoms with Gasteiger partial charge in [0.1, 0.15) is 30.1 Å². The second-order valence-electron chi connectivity index (χ2n) is 13.3. The molecule has 7 rings (SSSR count). The van der Waals surface area contributed by atoms with Crippen molar-refractivity contribution >= 4 is 17.4 Å². The van der Waals surface area contributed by atoms with E-state index in [1.54, 1.807) is 20.3 Å². The molecule has 6 heterocycles. The molecule has 0 aliphatic carbocycles. The minimum Gasteiger partial charge on any atom is -0.461 e. The third-order valence-electron chi connectivity index (χ3n) is 9.86. The lowest BCUT2D eigenvalue weighted by Crippen LogP contribution is -2.43. The SMILES string of the molecule is CN(C)C(=O)c1cn2c(n1)CCCN(c1nc(OC[C@@]34CCCN3C[C@H](F)C4)nc3c1CO[C@H](c1c(C(F)(F)F)ccc(N)c1F)C3)C2. The number of alkyl halides is 4. The average molecular weight is 677 g/mol. The summed E-state index contributed by atoms with van der Waals surface area (Å²) in [4.78, 5) is 32.1. The van der Waals surface area contributed by atoms with Crippen molar-refractivity contribution in [3.63, 3.8) is 0 Å². The van der Waals surface area contributed by atoms with Crippen molar-refractivity contribution in [2.45, 2.75) is 75.8 Å². The van der Waals surface area contributed by atoms with Crippen molar-refractivity contribution in [1.82, 2.24) is 29.3 Å². The number of aryl methyl sites for hydroxylation is 1. The minimum atomic E-state index is -4.85. The molecule has 11 nitrogen and oxygen atoms in total. The maximum atomic E-state index is 15.3. The Morgan fingerprint density at radius 1 is 1.19 bits per heavy atom. The number of nitrogens with zero attached hydrogens (tertiary/aromatic N) is 7. The van der Waals surface area contributed by atoms with Crippen LogP contribution < -0.4 is 15.4 Å². The van der Waals surface area contributed by atoms with Crippen molar-refractivity contribution in [3.8, 4) is 6.01 Å². The van der Waals surface area contributed by atoms with Crippen molar-refractivity contribution in [3.05, 3.63) is 58.0 Å². The van der Waals surface area contributed by atoms with E-state index < -0.39 is 46.6 Å². The van der Waals surface area contributed by atoms with Crippen molar-refractivity contribution in [2.24, 2.45) is 0 Å². The number of imidazole rings is 1. The fourth-order valence-electron chi connectivity index (χ4n) is 7.52. The van der Waals surface area contributed by atoms with Gasteiger partial charge in [-0.1, -0.05) is 0 Å². The third-order valence-corrected chi connectivity index (χ3v) is 9.86. The molecule has 2 aromatic heterocycles. The van der Waals surface area contributed by atoms with Gasteiger partial charge in [-0.3, -0.25) is 9.69 Å². The van der Waals surface area contributed by atoms with Gasteiger partial charge in [-0.2, -0.15) is 23.1 Å². The highest BCUT2D eigenvalue weighted by Crippen LogP contribution is 2.44. The van der Waals surface area contributed by atoms with Crippen LogP contribution in [0.15, 0.2) is 18.3 Å². The Balaban J connectivity index is 1.26. The number of amides is 1. The molecule has 48 heavy (non-hydrogen) atoms. The first kappa shape index (κ1) is 32.5. The number of fused-ring (bicyclic) bond motifs is 3. The molecular weight excluding hydrogens is 639 g/mol. The number of anilines is 2. The maximum absolute atomic E-state index is 15.3. The summed E-state index contributed by atoms with van der Waals surface area (Å²) >= 11 is 0. The van der Waals surface area contributed by atoms with Gasteiger partial charge in [0.2, 0.25) is 0 Å². The molecular formula is C32H37F5N8O3. The summed E-state index contributed by atoms with van der Waals surface area (Å²) in [5, 5.41) is 0. The zero-order valence-electron chi connectivity index (χ0n) is 26.7.